The fourth-order valence-electron chi connectivity index (χ4n) is 3.01. The highest BCUT2D eigenvalue weighted by atomic mass is 16.5. The van der Waals surface area contributed by atoms with Crippen molar-refractivity contribution in [1.82, 2.24) is 4.90 Å². The van der Waals surface area contributed by atoms with Crippen LogP contribution in [0.2, 0.25) is 0 Å². The van der Waals surface area contributed by atoms with Crippen LogP contribution in [-0.4, -0.2) is 47.4 Å². The van der Waals surface area contributed by atoms with Crippen molar-refractivity contribution < 1.29 is 9.84 Å². The van der Waals surface area contributed by atoms with E-state index in [2.05, 4.69) is 32.6 Å². The van der Waals surface area contributed by atoms with Gasteiger partial charge in [-0.3, -0.25) is 4.90 Å². The molecule has 0 saturated carbocycles. The first-order valence-electron chi connectivity index (χ1n) is 7.57. The average Bonchev–Trinajstić information content (AvgIpc) is 2.83. The second-order valence-electron chi connectivity index (χ2n) is 5.91. The molecule has 0 bridgehead atoms. The molecule has 1 heterocycles. The SMILES string of the molecule is CCN(CC)C(C)(C)C(O)CCCC1CCCO1. The van der Waals surface area contributed by atoms with E-state index in [0.717, 1.165) is 39.0 Å². The number of aliphatic hydroxyl groups is 1. The van der Waals surface area contributed by atoms with Gasteiger partial charge < -0.3 is 9.84 Å². The lowest BCUT2D eigenvalue weighted by Crippen LogP contribution is -2.52. The maximum absolute atomic E-state index is 10.4. The van der Waals surface area contributed by atoms with Crippen molar-refractivity contribution in [2.45, 2.75) is 77.5 Å². The van der Waals surface area contributed by atoms with Crippen molar-refractivity contribution in [3.05, 3.63) is 0 Å². The zero-order valence-electron chi connectivity index (χ0n) is 12.6. The summed E-state index contributed by atoms with van der Waals surface area (Å²) in [4.78, 5) is 2.34. The Labute approximate surface area is 113 Å². The van der Waals surface area contributed by atoms with E-state index in [4.69, 9.17) is 4.74 Å². The van der Waals surface area contributed by atoms with Crippen LogP contribution in [0, 0.1) is 0 Å². The summed E-state index contributed by atoms with van der Waals surface area (Å²) in [5.41, 5.74) is -0.125. The summed E-state index contributed by atoms with van der Waals surface area (Å²) >= 11 is 0. The summed E-state index contributed by atoms with van der Waals surface area (Å²) in [6.07, 6.45) is 5.66. The highest BCUT2D eigenvalue weighted by Gasteiger charge is 2.32. The third-order valence-corrected chi connectivity index (χ3v) is 4.42. The predicted octanol–water partition coefficient (Wildman–Crippen LogP) is 2.82. The Morgan fingerprint density at radius 1 is 1.33 bits per heavy atom. The van der Waals surface area contributed by atoms with Crippen LogP contribution in [0.4, 0.5) is 0 Å². The molecule has 18 heavy (non-hydrogen) atoms. The van der Waals surface area contributed by atoms with Gasteiger partial charge in [0.15, 0.2) is 0 Å². The van der Waals surface area contributed by atoms with Crippen LogP contribution >= 0.6 is 0 Å². The summed E-state index contributed by atoms with van der Waals surface area (Å²) in [6.45, 7) is 11.5. The number of aliphatic hydroxyl groups excluding tert-OH is 1. The molecule has 0 aromatic heterocycles. The van der Waals surface area contributed by atoms with Gasteiger partial charge in [-0.25, -0.2) is 0 Å². The predicted molar refractivity (Wildman–Crippen MR) is 75.8 cm³/mol. The van der Waals surface area contributed by atoms with E-state index in [1.165, 1.54) is 12.8 Å². The van der Waals surface area contributed by atoms with Gasteiger partial charge >= 0.3 is 0 Å². The van der Waals surface area contributed by atoms with Gasteiger partial charge in [0.05, 0.1) is 12.2 Å². The summed E-state index contributed by atoms with van der Waals surface area (Å²) < 4.78 is 5.62. The number of nitrogens with zero attached hydrogens (tertiary/aromatic N) is 1. The fourth-order valence-corrected chi connectivity index (χ4v) is 3.01. The molecule has 1 fully saturated rings. The van der Waals surface area contributed by atoms with Crippen molar-refractivity contribution in [2.24, 2.45) is 0 Å². The Balaban J connectivity index is 2.31. The summed E-state index contributed by atoms with van der Waals surface area (Å²) in [5, 5.41) is 10.4. The van der Waals surface area contributed by atoms with E-state index < -0.39 is 0 Å². The molecule has 3 heteroatoms. The van der Waals surface area contributed by atoms with Crippen molar-refractivity contribution in [1.29, 1.82) is 0 Å². The molecule has 1 N–H and O–H groups in total. The van der Waals surface area contributed by atoms with Crippen molar-refractivity contribution in [2.75, 3.05) is 19.7 Å². The van der Waals surface area contributed by atoms with E-state index in [9.17, 15) is 5.11 Å². The Bertz CT molecular complexity index is 221. The maximum atomic E-state index is 10.4. The maximum Gasteiger partial charge on any atom is 0.0718 e. The normalized spacial score (nSPS) is 22.7. The van der Waals surface area contributed by atoms with Gasteiger partial charge in [0.2, 0.25) is 0 Å². The van der Waals surface area contributed by atoms with E-state index in [-0.39, 0.29) is 11.6 Å². The molecule has 2 atom stereocenters. The van der Waals surface area contributed by atoms with Crippen LogP contribution in [0.1, 0.15) is 59.8 Å². The van der Waals surface area contributed by atoms with Crippen LogP contribution in [0.15, 0.2) is 0 Å². The highest BCUT2D eigenvalue weighted by molar-refractivity contribution is 4.88. The first-order chi connectivity index (χ1) is 8.52. The third kappa shape index (κ3) is 4.22. The highest BCUT2D eigenvalue weighted by Crippen LogP contribution is 2.24. The van der Waals surface area contributed by atoms with Crippen molar-refractivity contribution >= 4 is 0 Å². The second kappa shape index (κ2) is 7.46. The van der Waals surface area contributed by atoms with E-state index in [0.29, 0.717) is 6.10 Å². The van der Waals surface area contributed by atoms with Gasteiger partial charge in [-0.1, -0.05) is 13.8 Å². The molecule has 108 valence electrons. The second-order valence-corrected chi connectivity index (χ2v) is 5.91. The van der Waals surface area contributed by atoms with Crippen LogP contribution in [0.3, 0.4) is 0 Å². The molecule has 0 spiro atoms. The van der Waals surface area contributed by atoms with Gasteiger partial charge in [-0.2, -0.15) is 0 Å². The van der Waals surface area contributed by atoms with Crippen LogP contribution in [0.5, 0.6) is 0 Å². The van der Waals surface area contributed by atoms with E-state index in [1.807, 2.05) is 0 Å². The molecule has 0 aromatic carbocycles. The van der Waals surface area contributed by atoms with Crippen molar-refractivity contribution in [3.63, 3.8) is 0 Å². The molecule has 1 aliphatic rings. The Morgan fingerprint density at radius 3 is 2.50 bits per heavy atom. The number of rotatable bonds is 8. The Kier molecular flexibility index (Phi) is 6.61. The molecule has 3 nitrogen and oxygen atoms in total. The van der Waals surface area contributed by atoms with Crippen LogP contribution in [-0.2, 0) is 4.74 Å². The smallest absolute Gasteiger partial charge is 0.0718 e. The van der Waals surface area contributed by atoms with E-state index >= 15 is 0 Å². The summed E-state index contributed by atoms with van der Waals surface area (Å²) in [7, 11) is 0. The molecule has 0 aromatic rings. The number of ether oxygens (including phenoxy) is 1. The number of hydrogen-bond acceptors (Lipinski definition) is 3. The monoisotopic (exact) mass is 257 g/mol. The minimum Gasteiger partial charge on any atom is -0.391 e. The molecule has 2 unspecified atom stereocenters. The fraction of sp³-hybridized carbons (Fsp3) is 1.00. The quantitative estimate of drug-likeness (QED) is 0.726. The van der Waals surface area contributed by atoms with Gasteiger partial charge in [0.1, 0.15) is 0 Å². The molecule has 0 amide bonds. The molecule has 0 radical (unpaired) electrons. The molecule has 1 rings (SSSR count). The van der Waals surface area contributed by atoms with Gasteiger partial charge in [-0.05, 0) is 59.0 Å². The molecule has 0 aliphatic carbocycles. The third-order valence-electron chi connectivity index (χ3n) is 4.42. The zero-order chi connectivity index (χ0) is 13.6. The largest absolute Gasteiger partial charge is 0.391 e. The molecular weight excluding hydrogens is 226 g/mol. The number of hydrogen-bond donors (Lipinski definition) is 1. The molecular formula is C15H31NO2. The van der Waals surface area contributed by atoms with Crippen LogP contribution in [0.25, 0.3) is 0 Å². The summed E-state index contributed by atoms with van der Waals surface area (Å²) in [6, 6.07) is 0. The minimum absolute atomic E-state index is 0.125. The van der Waals surface area contributed by atoms with Gasteiger partial charge in [0.25, 0.3) is 0 Å². The number of likely N-dealkylation sites (N-methyl/N-ethyl adjacent to an activating group) is 1. The average molecular weight is 257 g/mol. The topological polar surface area (TPSA) is 32.7 Å². The standard InChI is InChI=1S/C15H31NO2/c1-5-16(6-2)15(3,4)14(17)11-7-9-13-10-8-12-18-13/h13-14,17H,5-12H2,1-4H3. The first-order valence-corrected chi connectivity index (χ1v) is 7.57. The van der Waals surface area contributed by atoms with Crippen molar-refractivity contribution in [3.8, 4) is 0 Å². The minimum atomic E-state index is -0.251. The van der Waals surface area contributed by atoms with E-state index in [1.54, 1.807) is 0 Å². The van der Waals surface area contributed by atoms with Crippen LogP contribution < -0.4 is 0 Å². The lowest BCUT2D eigenvalue weighted by Gasteiger charge is -2.41. The first kappa shape index (κ1) is 15.9. The van der Waals surface area contributed by atoms with Gasteiger partial charge in [-0.15, -0.1) is 0 Å². The molecule has 1 aliphatic heterocycles. The molecule has 1 saturated heterocycles. The summed E-state index contributed by atoms with van der Waals surface area (Å²) in [5.74, 6) is 0. The zero-order valence-corrected chi connectivity index (χ0v) is 12.6. The lowest BCUT2D eigenvalue weighted by molar-refractivity contribution is -0.0124. The Hall–Kier alpha value is -0.120. The van der Waals surface area contributed by atoms with Gasteiger partial charge in [0, 0.05) is 12.1 Å². The lowest BCUT2D eigenvalue weighted by atomic mass is 9.90. The Morgan fingerprint density at radius 2 is 2.00 bits per heavy atom.